The van der Waals surface area contributed by atoms with Gasteiger partial charge < -0.3 is 9.64 Å². The van der Waals surface area contributed by atoms with E-state index in [4.69, 9.17) is 16.3 Å². The maximum atomic E-state index is 14.6. The maximum absolute atomic E-state index is 14.6. The number of anilines is 2. The first kappa shape index (κ1) is 19.9. The van der Waals surface area contributed by atoms with Gasteiger partial charge in [-0.15, -0.1) is 0 Å². The number of benzene rings is 2. The molecule has 3 rings (SSSR count). The van der Waals surface area contributed by atoms with E-state index in [-0.39, 0.29) is 27.8 Å². The van der Waals surface area contributed by atoms with Gasteiger partial charge in [-0.3, -0.25) is 4.72 Å². The molecule has 5 nitrogen and oxygen atoms in total. The van der Waals surface area contributed by atoms with Crippen molar-refractivity contribution in [3.8, 4) is 0 Å². The lowest BCUT2D eigenvalue weighted by atomic mass is 10.2. The van der Waals surface area contributed by atoms with E-state index in [0.29, 0.717) is 18.8 Å². The van der Waals surface area contributed by atoms with Crippen LogP contribution in [0.2, 0.25) is 5.02 Å². The molecule has 0 aliphatic carbocycles. The summed E-state index contributed by atoms with van der Waals surface area (Å²) in [5, 5.41) is -0.254. The predicted molar refractivity (Wildman–Crippen MR) is 101 cm³/mol. The second-order valence-electron chi connectivity index (χ2n) is 6.51. The fourth-order valence-electron chi connectivity index (χ4n) is 3.10. The molecule has 1 fully saturated rings. The van der Waals surface area contributed by atoms with E-state index in [2.05, 4.69) is 4.72 Å². The molecule has 146 valence electrons. The molecule has 9 heteroatoms. The predicted octanol–water partition coefficient (Wildman–Crippen LogP) is 4.03. The molecule has 0 spiro atoms. The van der Waals surface area contributed by atoms with Crippen LogP contribution in [0.3, 0.4) is 0 Å². The van der Waals surface area contributed by atoms with Crippen molar-refractivity contribution in [2.45, 2.75) is 31.0 Å². The van der Waals surface area contributed by atoms with Crippen molar-refractivity contribution < 1.29 is 21.9 Å². The maximum Gasteiger partial charge on any atom is 0.263 e. The number of ether oxygens (including phenoxy) is 1. The van der Waals surface area contributed by atoms with Crippen LogP contribution in [0, 0.1) is 11.6 Å². The van der Waals surface area contributed by atoms with Crippen molar-refractivity contribution in [2.24, 2.45) is 0 Å². The Kier molecular flexibility index (Phi) is 5.60. The molecule has 2 unspecified atom stereocenters. The number of hydrogen-bond donors (Lipinski definition) is 1. The summed E-state index contributed by atoms with van der Waals surface area (Å²) in [4.78, 5) is 1.58. The molecule has 1 saturated heterocycles. The Balaban J connectivity index is 1.83. The van der Waals surface area contributed by atoms with Gasteiger partial charge in [-0.2, -0.15) is 0 Å². The summed E-state index contributed by atoms with van der Waals surface area (Å²) >= 11 is 5.81. The van der Waals surface area contributed by atoms with Gasteiger partial charge in [0.15, 0.2) is 0 Å². The lowest BCUT2D eigenvalue weighted by Gasteiger charge is -2.37. The zero-order valence-corrected chi connectivity index (χ0v) is 16.3. The number of nitrogens with zero attached hydrogens (tertiary/aromatic N) is 1. The lowest BCUT2D eigenvalue weighted by molar-refractivity contribution is -0.00539. The molecule has 1 aliphatic heterocycles. The van der Waals surface area contributed by atoms with Crippen LogP contribution in [-0.2, 0) is 14.8 Å². The monoisotopic (exact) mass is 416 g/mol. The van der Waals surface area contributed by atoms with E-state index in [1.54, 1.807) is 0 Å². The number of nitrogens with one attached hydrogen (secondary N) is 1. The van der Waals surface area contributed by atoms with Crippen molar-refractivity contribution in [2.75, 3.05) is 22.7 Å². The minimum absolute atomic E-state index is 0.0352. The van der Waals surface area contributed by atoms with Crippen LogP contribution >= 0.6 is 11.6 Å². The molecular weight excluding hydrogens is 398 g/mol. The largest absolute Gasteiger partial charge is 0.372 e. The average Bonchev–Trinajstić information content (AvgIpc) is 2.53. The second-order valence-corrected chi connectivity index (χ2v) is 8.57. The van der Waals surface area contributed by atoms with Gasteiger partial charge in [0.25, 0.3) is 10.0 Å². The number of morpholine rings is 1. The Morgan fingerprint density at radius 2 is 1.78 bits per heavy atom. The van der Waals surface area contributed by atoms with Crippen LogP contribution in [0.25, 0.3) is 0 Å². The van der Waals surface area contributed by atoms with E-state index < -0.39 is 21.7 Å². The fraction of sp³-hybridized carbons (Fsp3) is 0.333. The van der Waals surface area contributed by atoms with E-state index in [0.717, 1.165) is 24.3 Å². The summed E-state index contributed by atoms with van der Waals surface area (Å²) in [7, 11) is -4.08. The Morgan fingerprint density at radius 3 is 2.37 bits per heavy atom. The van der Waals surface area contributed by atoms with Gasteiger partial charge in [0.1, 0.15) is 16.5 Å². The molecule has 0 radical (unpaired) electrons. The molecule has 0 amide bonds. The van der Waals surface area contributed by atoms with Crippen LogP contribution in [0.15, 0.2) is 41.3 Å². The molecule has 0 saturated carbocycles. The third kappa shape index (κ3) is 4.51. The fourth-order valence-corrected chi connectivity index (χ4v) is 4.69. The normalized spacial score (nSPS) is 20.6. The third-order valence-electron chi connectivity index (χ3n) is 4.14. The summed E-state index contributed by atoms with van der Waals surface area (Å²) in [6, 6.07) is 7.05. The molecule has 0 bridgehead atoms. The Labute approximate surface area is 161 Å². The molecule has 1 aliphatic rings. The highest BCUT2D eigenvalue weighted by atomic mass is 35.5. The van der Waals surface area contributed by atoms with Gasteiger partial charge in [-0.05, 0) is 44.2 Å². The Morgan fingerprint density at radius 1 is 1.11 bits per heavy atom. The first-order valence-electron chi connectivity index (χ1n) is 8.33. The minimum Gasteiger partial charge on any atom is -0.372 e. The highest BCUT2D eigenvalue weighted by Gasteiger charge is 2.25. The van der Waals surface area contributed by atoms with Gasteiger partial charge in [0.05, 0.1) is 28.6 Å². The van der Waals surface area contributed by atoms with Gasteiger partial charge in [0, 0.05) is 19.2 Å². The molecule has 2 atom stereocenters. The van der Waals surface area contributed by atoms with Crippen LogP contribution in [-0.4, -0.2) is 33.7 Å². The van der Waals surface area contributed by atoms with E-state index in [1.165, 1.54) is 12.1 Å². The molecule has 2 aromatic carbocycles. The summed E-state index contributed by atoms with van der Waals surface area (Å²) in [5.74, 6) is -1.20. The number of halogens is 3. The van der Waals surface area contributed by atoms with Crippen molar-refractivity contribution in [1.29, 1.82) is 0 Å². The standard InChI is InChI=1S/C18H19ClF2N2O3S/c1-11-9-23(10-12(2)26-11)17-5-4-14(8-16(17)21)22-27(24,25)18-6-3-13(20)7-15(18)19/h3-8,11-12,22H,9-10H2,1-2H3. The zero-order valence-electron chi connectivity index (χ0n) is 14.7. The molecule has 27 heavy (non-hydrogen) atoms. The Bertz CT molecular complexity index is 946. The summed E-state index contributed by atoms with van der Waals surface area (Å²) in [6.45, 7) is 4.90. The van der Waals surface area contributed by atoms with Gasteiger partial charge in [-0.1, -0.05) is 11.6 Å². The van der Waals surface area contributed by atoms with Crippen molar-refractivity contribution >= 4 is 33.0 Å². The number of sulfonamides is 1. The SMILES string of the molecule is CC1CN(c2ccc(NS(=O)(=O)c3ccc(F)cc3Cl)cc2F)CC(C)O1. The molecule has 0 aromatic heterocycles. The highest BCUT2D eigenvalue weighted by Crippen LogP contribution is 2.28. The topological polar surface area (TPSA) is 58.6 Å². The highest BCUT2D eigenvalue weighted by molar-refractivity contribution is 7.92. The van der Waals surface area contributed by atoms with E-state index >= 15 is 0 Å². The number of hydrogen-bond acceptors (Lipinski definition) is 4. The first-order valence-corrected chi connectivity index (χ1v) is 10.2. The first-order chi connectivity index (χ1) is 12.7. The van der Waals surface area contributed by atoms with Crippen LogP contribution < -0.4 is 9.62 Å². The Hall–Kier alpha value is -1.90. The molecule has 1 N–H and O–H groups in total. The zero-order chi connectivity index (χ0) is 19.8. The molecular formula is C18H19ClF2N2O3S. The van der Waals surface area contributed by atoms with E-state index in [1.807, 2.05) is 18.7 Å². The lowest BCUT2D eigenvalue weighted by Crippen LogP contribution is -2.45. The number of rotatable bonds is 4. The third-order valence-corrected chi connectivity index (χ3v) is 6.01. The smallest absolute Gasteiger partial charge is 0.263 e. The van der Waals surface area contributed by atoms with Gasteiger partial charge in [-0.25, -0.2) is 17.2 Å². The van der Waals surface area contributed by atoms with Crippen molar-refractivity contribution in [1.82, 2.24) is 0 Å². The van der Waals surface area contributed by atoms with Crippen molar-refractivity contribution in [3.63, 3.8) is 0 Å². The van der Waals surface area contributed by atoms with Gasteiger partial charge >= 0.3 is 0 Å². The van der Waals surface area contributed by atoms with E-state index in [9.17, 15) is 17.2 Å². The summed E-state index contributed by atoms with van der Waals surface area (Å²) in [5.41, 5.74) is 0.422. The van der Waals surface area contributed by atoms with Crippen LogP contribution in [0.1, 0.15) is 13.8 Å². The van der Waals surface area contributed by atoms with Crippen LogP contribution in [0.5, 0.6) is 0 Å². The van der Waals surface area contributed by atoms with Crippen LogP contribution in [0.4, 0.5) is 20.2 Å². The second kappa shape index (κ2) is 7.61. The average molecular weight is 417 g/mol. The molecule has 1 heterocycles. The summed E-state index contributed by atoms with van der Waals surface area (Å²) in [6.07, 6.45) is -0.0705. The quantitative estimate of drug-likeness (QED) is 0.817. The van der Waals surface area contributed by atoms with Gasteiger partial charge in [0.2, 0.25) is 0 Å². The molecule has 2 aromatic rings. The van der Waals surface area contributed by atoms with Crippen molar-refractivity contribution in [3.05, 3.63) is 53.1 Å². The minimum atomic E-state index is -4.08. The summed E-state index contributed by atoms with van der Waals surface area (Å²) < 4.78 is 60.5.